The van der Waals surface area contributed by atoms with Crippen LogP contribution < -0.4 is 0 Å². The molecule has 4 heteroatoms. The molecule has 3 saturated carbocycles. The lowest BCUT2D eigenvalue weighted by atomic mass is 9.46. The predicted molar refractivity (Wildman–Crippen MR) is 122 cm³/mol. The largest absolute Gasteiger partial charge is 0.390 e. The maximum atomic E-state index is 13.4. The minimum atomic E-state index is -0.885. The zero-order valence-corrected chi connectivity index (χ0v) is 20.2. The van der Waals surface area contributed by atoms with Gasteiger partial charge in [0, 0.05) is 5.92 Å². The van der Waals surface area contributed by atoms with Crippen molar-refractivity contribution < 1.29 is 20.1 Å². The first-order valence-electron chi connectivity index (χ1n) is 12.7. The summed E-state index contributed by atoms with van der Waals surface area (Å²) in [5.74, 6) is 2.26. The fourth-order valence-electron chi connectivity index (χ4n) is 8.48. The average molecular weight is 433 g/mol. The highest BCUT2D eigenvalue weighted by molar-refractivity contribution is 5.94. The number of allylic oxidation sites excluding steroid dienone is 1. The molecule has 0 spiro atoms. The molecule has 0 aromatic heterocycles. The molecule has 0 aliphatic heterocycles. The van der Waals surface area contributed by atoms with Gasteiger partial charge in [0.15, 0.2) is 5.78 Å². The van der Waals surface area contributed by atoms with E-state index in [-0.39, 0.29) is 22.5 Å². The van der Waals surface area contributed by atoms with Gasteiger partial charge in [-0.25, -0.2) is 0 Å². The van der Waals surface area contributed by atoms with Crippen LogP contribution in [0.4, 0.5) is 0 Å². The second-order valence-electron chi connectivity index (χ2n) is 12.6. The normalized spacial score (nSPS) is 46.1. The van der Waals surface area contributed by atoms with Crippen molar-refractivity contribution in [3.63, 3.8) is 0 Å². The molecule has 0 radical (unpaired) electrons. The van der Waals surface area contributed by atoms with Gasteiger partial charge >= 0.3 is 0 Å². The molecule has 4 aliphatic rings. The third kappa shape index (κ3) is 3.85. The smallest absolute Gasteiger partial charge is 0.159 e. The van der Waals surface area contributed by atoms with Gasteiger partial charge in [-0.2, -0.15) is 0 Å². The van der Waals surface area contributed by atoms with E-state index >= 15 is 0 Å². The van der Waals surface area contributed by atoms with E-state index in [0.29, 0.717) is 30.1 Å². The van der Waals surface area contributed by atoms with E-state index in [1.807, 2.05) is 13.8 Å². The maximum absolute atomic E-state index is 13.4. The summed E-state index contributed by atoms with van der Waals surface area (Å²) in [5.41, 5.74) is 0.260. The highest BCUT2D eigenvalue weighted by atomic mass is 16.3. The van der Waals surface area contributed by atoms with Crippen molar-refractivity contribution in [2.24, 2.45) is 40.4 Å². The van der Waals surface area contributed by atoms with E-state index in [0.717, 1.165) is 50.5 Å². The minimum Gasteiger partial charge on any atom is -0.390 e. The van der Waals surface area contributed by atoms with Gasteiger partial charge in [-0.05, 0) is 105 Å². The lowest BCUT2D eigenvalue weighted by Gasteiger charge is -2.58. The summed E-state index contributed by atoms with van der Waals surface area (Å²) < 4.78 is 0. The summed E-state index contributed by atoms with van der Waals surface area (Å²) >= 11 is 0. The van der Waals surface area contributed by atoms with Gasteiger partial charge in [-0.3, -0.25) is 4.79 Å². The highest BCUT2D eigenvalue weighted by Crippen LogP contribution is 2.66. The number of carbonyl (C=O) groups is 1. The van der Waals surface area contributed by atoms with E-state index in [2.05, 4.69) is 20.8 Å². The number of rotatable bonds is 5. The molecular formula is C27H44O4. The molecule has 0 aromatic carbocycles. The first kappa shape index (κ1) is 23.4. The molecule has 4 aliphatic carbocycles. The van der Waals surface area contributed by atoms with E-state index in [4.69, 9.17) is 0 Å². The maximum Gasteiger partial charge on any atom is 0.159 e. The first-order valence-corrected chi connectivity index (χ1v) is 12.7. The third-order valence-electron chi connectivity index (χ3n) is 10.2. The molecule has 3 N–H and O–H groups in total. The van der Waals surface area contributed by atoms with E-state index in [9.17, 15) is 20.1 Å². The van der Waals surface area contributed by atoms with Crippen LogP contribution in [0.1, 0.15) is 92.4 Å². The van der Waals surface area contributed by atoms with E-state index < -0.39 is 17.8 Å². The topological polar surface area (TPSA) is 77.8 Å². The third-order valence-corrected chi connectivity index (χ3v) is 10.2. The number of aliphatic hydroxyl groups is 3. The molecule has 0 aromatic rings. The number of aliphatic hydroxyl groups excluding tert-OH is 2. The molecule has 9 atom stereocenters. The number of fused-ring (bicyclic) bond motifs is 5. The Kier molecular flexibility index (Phi) is 6.02. The fourth-order valence-corrected chi connectivity index (χ4v) is 8.48. The Labute approximate surface area is 188 Å². The number of ketones is 1. The SMILES string of the molecule is CC(CCCC(C)(C)O)[C@H]1CC[C@H]2[C@@H]3C(=O)C=C4[C@@H](O)[C@@H](O)CC[C@]4(C)[C@H]3CC[C@]12C. The van der Waals surface area contributed by atoms with Gasteiger partial charge in [0.25, 0.3) is 0 Å². The van der Waals surface area contributed by atoms with Gasteiger partial charge in [0.2, 0.25) is 0 Å². The molecule has 31 heavy (non-hydrogen) atoms. The molecule has 0 heterocycles. The van der Waals surface area contributed by atoms with Crippen molar-refractivity contribution in [3.05, 3.63) is 11.6 Å². The number of carbonyl (C=O) groups excluding carboxylic acids is 1. The van der Waals surface area contributed by atoms with Gasteiger partial charge in [-0.15, -0.1) is 0 Å². The molecule has 1 unspecified atom stereocenters. The molecule has 0 saturated heterocycles. The lowest BCUT2D eigenvalue weighted by molar-refractivity contribution is -0.137. The van der Waals surface area contributed by atoms with Crippen LogP contribution in [-0.4, -0.2) is 38.9 Å². The fraction of sp³-hybridized carbons (Fsp3) is 0.889. The van der Waals surface area contributed by atoms with Crippen molar-refractivity contribution >= 4 is 5.78 Å². The van der Waals surface area contributed by atoms with E-state index in [1.165, 1.54) is 6.42 Å². The summed E-state index contributed by atoms with van der Waals surface area (Å²) in [6, 6.07) is 0. The summed E-state index contributed by atoms with van der Waals surface area (Å²) in [5, 5.41) is 30.9. The van der Waals surface area contributed by atoms with Crippen LogP contribution in [0.15, 0.2) is 11.6 Å². The van der Waals surface area contributed by atoms with Crippen LogP contribution in [0.5, 0.6) is 0 Å². The van der Waals surface area contributed by atoms with Crippen LogP contribution in [0.2, 0.25) is 0 Å². The quantitative estimate of drug-likeness (QED) is 0.591. The number of hydrogen-bond donors (Lipinski definition) is 3. The highest BCUT2D eigenvalue weighted by Gasteiger charge is 2.62. The monoisotopic (exact) mass is 432 g/mol. The molecule has 0 amide bonds. The Balaban J connectivity index is 1.55. The zero-order valence-electron chi connectivity index (χ0n) is 20.2. The number of hydrogen-bond acceptors (Lipinski definition) is 4. The van der Waals surface area contributed by atoms with Crippen molar-refractivity contribution in [1.29, 1.82) is 0 Å². The Morgan fingerprint density at radius 1 is 1.10 bits per heavy atom. The Morgan fingerprint density at radius 2 is 1.81 bits per heavy atom. The summed E-state index contributed by atoms with van der Waals surface area (Å²) in [6.45, 7) is 10.9. The van der Waals surface area contributed by atoms with Gasteiger partial charge in [0.1, 0.15) is 6.10 Å². The predicted octanol–water partition coefficient (Wildman–Crippen LogP) is 4.65. The first-order chi connectivity index (χ1) is 14.4. The van der Waals surface area contributed by atoms with E-state index in [1.54, 1.807) is 6.08 Å². The lowest BCUT2D eigenvalue weighted by Crippen LogP contribution is -2.56. The van der Waals surface area contributed by atoms with Crippen LogP contribution in [0, 0.1) is 40.4 Å². The van der Waals surface area contributed by atoms with Gasteiger partial charge < -0.3 is 15.3 Å². The van der Waals surface area contributed by atoms with Crippen LogP contribution in [0.25, 0.3) is 0 Å². The van der Waals surface area contributed by atoms with Crippen molar-refractivity contribution in [1.82, 2.24) is 0 Å². The summed E-state index contributed by atoms with van der Waals surface area (Å²) in [7, 11) is 0. The Morgan fingerprint density at radius 3 is 2.48 bits per heavy atom. The Bertz CT molecular complexity index is 736. The molecular weight excluding hydrogens is 388 g/mol. The Hall–Kier alpha value is -0.710. The summed E-state index contributed by atoms with van der Waals surface area (Å²) in [4.78, 5) is 13.4. The van der Waals surface area contributed by atoms with Crippen LogP contribution >= 0.6 is 0 Å². The second-order valence-corrected chi connectivity index (χ2v) is 12.6. The minimum absolute atomic E-state index is 0.0727. The van der Waals surface area contributed by atoms with Crippen molar-refractivity contribution in [2.75, 3.05) is 0 Å². The average Bonchev–Trinajstić information content (AvgIpc) is 3.03. The van der Waals surface area contributed by atoms with Gasteiger partial charge in [0.05, 0.1) is 11.7 Å². The molecule has 176 valence electrons. The zero-order chi connectivity index (χ0) is 22.8. The summed E-state index contributed by atoms with van der Waals surface area (Å²) in [6.07, 6.45) is 9.18. The van der Waals surface area contributed by atoms with Crippen LogP contribution in [0.3, 0.4) is 0 Å². The van der Waals surface area contributed by atoms with Crippen LogP contribution in [-0.2, 0) is 4.79 Å². The molecule has 0 bridgehead atoms. The van der Waals surface area contributed by atoms with Crippen molar-refractivity contribution in [3.8, 4) is 0 Å². The standard InChI is InChI=1S/C27H44O4/c1-16(7-6-12-25(2,3)31)17-8-9-18-23-19(10-13-26(17,18)4)27(5)14-11-21(28)24(30)20(27)15-22(23)29/h15-19,21,23-24,28,30-31H,6-14H2,1-5H3/t16?,17-,18+,19+,21+,23+,24-,26-,27-/m1/s1. The van der Waals surface area contributed by atoms with Crippen molar-refractivity contribution in [2.45, 2.75) is 110 Å². The molecule has 4 rings (SSSR count). The second kappa shape index (κ2) is 7.95. The van der Waals surface area contributed by atoms with Gasteiger partial charge in [-0.1, -0.05) is 33.6 Å². The molecule has 3 fully saturated rings. The molecule has 4 nitrogen and oxygen atoms in total.